The standard InChI is InChI=1S/C21H17NO6/c1-26-15-7-3-13(4-8-15)5-10-19(23)22-20(24)17-11-14-6-9-16(27-2)12-18(14)28-21(17)25/h3-12H,1-2H3,(H,22,23,24)/b10-5+. The lowest BCUT2D eigenvalue weighted by Gasteiger charge is -2.04. The van der Waals surface area contributed by atoms with Crippen molar-refractivity contribution in [3.63, 3.8) is 0 Å². The second-order valence-electron chi connectivity index (χ2n) is 5.78. The minimum Gasteiger partial charge on any atom is -0.497 e. The number of nitrogens with one attached hydrogen (secondary N) is 1. The third-order valence-corrected chi connectivity index (χ3v) is 3.97. The van der Waals surface area contributed by atoms with Crippen molar-refractivity contribution in [2.75, 3.05) is 14.2 Å². The molecular weight excluding hydrogens is 362 g/mol. The second kappa shape index (κ2) is 8.22. The van der Waals surface area contributed by atoms with Crippen LogP contribution in [0.25, 0.3) is 17.0 Å². The van der Waals surface area contributed by atoms with Crippen LogP contribution in [0.5, 0.6) is 11.5 Å². The molecule has 142 valence electrons. The first kappa shape index (κ1) is 18.9. The van der Waals surface area contributed by atoms with Crippen molar-refractivity contribution in [2.24, 2.45) is 0 Å². The van der Waals surface area contributed by atoms with Crippen LogP contribution >= 0.6 is 0 Å². The molecule has 0 aliphatic heterocycles. The number of carbonyl (C=O) groups excluding carboxylic acids is 2. The molecule has 7 nitrogen and oxygen atoms in total. The van der Waals surface area contributed by atoms with Crippen LogP contribution in [0, 0.1) is 0 Å². The SMILES string of the molecule is COc1ccc(/C=C/C(=O)NC(=O)c2cc3ccc(OC)cc3oc2=O)cc1. The van der Waals surface area contributed by atoms with Gasteiger partial charge in [0.05, 0.1) is 14.2 Å². The topological polar surface area (TPSA) is 94.8 Å². The molecule has 2 amide bonds. The van der Waals surface area contributed by atoms with Gasteiger partial charge in [0.1, 0.15) is 22.6 Å². The highest BCUT2D eigenvalue weighted by atomic mass is 16.5. The van der Waals surface area contributed by atoms with Crippen LogP contribution in [0.15, 0.2) is 63.8 Å². The average molecular weight is 379 g/mol. The van der Waals surface area contributed by atoms with Crippen LogP contribution in [0.3, 0.4) is 0 Å². The van der Waals surface area contributed by atoms with Crippen molar-refractivity contribution in [2.45, 2.75) is 0 Å². The number of fused-ring (bicyclic) bond motifs is 1. The molecule has 0 aliphatic rings. The van der Waals surface area contributed by atoms with Crippen LogP contribution in [-0.2, 0) is 4.79 Å². The van der Waals surface area contributed by atoms with Gasteiger partial charge in [0, 0.05) is 17.5 Å². The maximum absolute atomic E-state index is 12.3. The molecule has 3 aromatic rings. The van der Waals surface area contributed by atoms with Crippen LogP contribution in [0.4, 0.5) is 0 Å². The van der Waals surface area contributed by atoms with Gasteiger partial charge in [-0.05, 0) is 42.0 Å². The predicted molar refractivity (Wildman–Crippen MR) is 104 cm³/mol. The Kier molecular flexibility index (Phi) is 5.55. The number of benzene rings is 2. The third-order valence-electron chi connectivity index (χ3n) is 3.97. The van der Waals surface area contributed by atoms with E-state index in [1.807, 2.05) is 0 Å². The number of amides is 2. The number of imide groups is 1. The molecule has 1 aromatic heterocycles. The van der Waals surface area contributed by atoms with E-state index in [1.165, 1.54) is 25.3 Å². The van der Waals surface area contributed by atoms with Gasteiger partial charge in [-0.3, -0.25) is 14.9 Å². The quantitative estimate of drug-likeness (QED) is 0.541. The molecule has 0 atom stereocenters. The normalized spacial score (nSPS) is 10.8. The molecular formula is C21H17NO6. The van der Waals surface area contributed by atoms with Crippen molar-refractivity contribution in [3.8, 4) is 11.5 Å². The van der Waals surface area contributed by atoms with Gasteiger partial charge in [0.15, 0.2) is 0 Å². The van der Waals surface area contributed by atoms with E-state index in [9.17, 15) is 14.4 Å². The fourth-order valence-corrected chi connectivity index (χ4v) is 2.48. The summed E-state index contributed by atoms with van der Waals surface area (Å²) in [5, 5.41) is 2.68. The van der Waals surface area contributed by atoms with Gasteiger partial charge in [-0.2, -0.15) is 0 Å². The Morgan fingerprint density at radius 2 is 1.64 bits per heavy atom. The summed E-state index contributed by atoms with van der Waals surface area (Å²) in [4.78, 5) is 36.3. The fourth-order valence-electron chi connectivity index (χ4n) is 2.48. The van der Waals surface area contributed by atoms with E-state index < -0.39 is 17.4 Å². The first-order valence-corrected chi connectivity index (χ1v) is 8.29. The van der Waals surface area contributed by atoms with Gasteiger partial charge in [0.25, 0.3) is 11.8 Å². The van der Waals surface area contributed by atoms with E-state index in [0.717, 1.165) is 5.56 Å². The largest absolute Gasteiger partial charge is 0.497 e. The van der Waals surface area contributed by atoms with Crippen LogP contribution in [0.2, 0.25) is 0 Å². The highest BCUT2D eigenvalue weighted by Gasteiger charge is 2.15. The summed E-state index contributed by atoms with van der Waals surface area (Å²) in [6.45, 7) is 0. The van der Waals surface area contributed by atoms with Gasteiger partial charge in [-0.25, -0.2) is 4.79 Å². The lowest BCUT2D eigenvalue weighted by atomic mass is 10.1. The van der Waals surface area contributed by atoms with Gasteiger partial charge in [-0.15, -0.1) is 0 Å². The number of hydrogen-bond donors (Lipinski definition) is 1. The van der Waals surface area contributed by atoms with E-state index in [4.69, 9.17) is 13.9 Å². The zero-order valence-corrected chi connectivity index (χ0v) is 15.2. The zero-order chi connectivity index (χ0) is 20.1. The molecule has 0 unspecified atom stereocenters. The molecule has 0 bridgehead atoms. The molecule has 0 fully saturated rings. The predicted octanol–water partition coefficient (Wildman–Crippen LogP) is 2.78. The molecule has 0 spiro atoms. The Bertz CT molecular complexity index is 1110. The lowest BCUT2D eigenvalue weighted by Crippen LogP contribution is -2.32. The summed E-state index contributed by atoms with van der Waals surface area (Å²) in [5.41, 5.74) is -0.0664. The van der Waals surface area contributed by atoms with Crippen LogP contribution in [-0.4, -0.2) is 26.0 Å². The molecule has 2 aromatic carbocycles. The van der Waals surface area contributed by atoms with Crippen LogP contribution < -0.4 is 20.4 Å². The Morgan fingerprint density at radius 1 is 0.964 bits per heavy atom. The minimum atomic E-state index is -0.842. The van der Waals surface area contributed by atoms with Crippen molar-refractivity contribution in [3.05, 3.63) is 76.2 Å². The Morgan fingerprint density at radius 3 is 2.32 bits per heavy atom. The molecule has 0 aliphatic carbocycles. The summed E-state index contributed by atoms with van der Waals surface area (Å²) in [6.07, 6.45) is 2.74. The summed E-state index contributed by atoms with van der Waals surface area (Å²) >= 11 is 0. The summed E-state index contributed by atoms with van der Waals surface area (Å²) in [6, 6.07) is 13.3. The molecule has 1 N–H and O–H groups in total. The van der Waals surface area contributed by atoms with E-state index >= 15 is 0 Å². The average Bonchev–Trinajstić information content (AvgIpc) is 2.71. The second-order valence-corrected chi connectivity index (χ2v) is 5.78. The number of carbonyl (C=O) groups is 2. The monoisotopic (exact) mass is 379 g/mol. The first-order valence-electron chi connectivity index (χ1n) is 8.29. The third kappa shape index (κ3) is 4.27. The van der Waals surface area contributed by atoms with E-state index in [0.29, 0.717) is 16.9 Å². The minimum absolute atomic E-state index is 0.260. The van der Waals surface area contributed by atoms with E-state index in [1.54, 1.807) is 49.6 Å². The lowest BCUT2D eigenvalue weighted by molar-refractivity contribution is -0.115. The van der Waals surface area contributed by atoms with Crippen molar-refractivity contribution >= 4 is 28.9 Å². The van der Waals surface area contributed by atoms with E-state index in [-0.39, 0.29) is 11.1 Å². The smallest absolute Gasteiger partial charge is 0.349 e. The molecule has 0 radical (unpaired) electrons. The van der Waals surface area contributed by atoms with Crippen molar-refractivity contribution < 1.29 is 23.5 Å². The zero-order valence-electron chi connectivity index (χ0n) is 15.2. The van der Waals surface area contributed by atoms with Gasteiger partial charge in [-0.1, -0.05) is 12.1 Å². The number of hydrogen-bond acceptors (Lipinski definition) is 6. The number of ether oxygens (including phenoxy) is 2. The summed E-state index contributed by atoms with van der Waals surface area (Å²) in [5.74, 6) is -0.282. The van der Waals surface area contributed by atoms with Gasteiger partial charge < -0.3 is 13.9 Å². The number of methoxy groups -OCH3 is 2. The highest BCUT2D eigenvalue weighted by molar-refractivity contribution is 6.09. The Balaban J connectivity index is 1.74. The summed E-state index contributed by atoms with van der Waals surface area (Å²) in [7, 11) is 3.05. The molecule has 0 saturated carbocycles. The van der Waals surface area contributed by atoms with Gasteiger partial charge in [0.2, 0.25) is 0 Å². The molecule has 1 heterocycles. The van der Waals surface area contributed by atoms with Crippen LogP contribution in [0.1, 0.15) is 15.9 Å². The number of rotatable bonds is 5. The maximum atomic E-state index is 12.3. The highest BCUT2D eigenvalue weighted by Crippen LogP contribution is 2.20. The fraction of sp³-hybridized carbons (Fsp3) is 0.0952. The van der Waals surface area contributed by atoms with E-state index in [2.05, 4.69) is 5.32 Å². The molecule has 3 rings (SSSR count). The molecule has 7 heteroatoms. The summed E-state index contributed by atoms with van der Waals surface area (Å²) < 4.78 is 15.3. The Labute approximate surface area is 160 Å². The van der Waals surface area contributed by atoms with Crippen molar-refractivity contribution in [1.82, 2.24) is 5.32 Å². The van der Waals surface area contributed by atoms with Gasteiger partial charge >= 0.3 is 5.63 Å². The molecule has 0 saturated heterocycles. The molecule has 28 heavy (non-hydrogen) atoms. The first-order chi connectivity index (χ1) is 13.5. The maximum Gasteiger partial charge on any atom is 0.349 e. The van der Waals surface area contributed by atoms with Crippen molar-refractivity contribution in [1.29, 1.82) is 0 Å². The Hall–Kier alpha value is -3.87.